The lowest BCUT2D eigenvalue weighted by Crippen LogP contribution is -2.35. The highest BCUT2D eigenvalue weighted by Gasteiger charge is 2.20. The van der Waals surface area contributed by atoms with Gasteiger partial charge in [-0.05, 0) is 36.0 Å². The molecule has 0 aromatic heterocycles. The topological polar surface area (TPSA) is 35.2 Å². The molecule has 1 rings (SSSR count). The maximum atomic E-state index is 13.5. The Morgan fingerprint density at radius 1 is 1.35 bits per heavy atom. The molecule has 0 spiro atoms. The minimum absolute atomic E-state index is 0.0883. The van der Waals surface area contributed by atoms with Gasteiger partial charge in [0.1, 0.15) is 0 Å². The predicted octanol–water partition coefficient (Wildman–Crippen LogP) is 3.14. The summed E-state index contributed by atoms with van der Waals surface area (Å²) in [5, 5.41) is 0. The molecular weight excluding hydrogens is 217 g/mol. The van der Waals surface area contributed by atoms with Crippen LogP contribution in [0.1, 0.15) is 32.8 Å². The third-order valence-electron chi connectivity index (χ3n) is 3.07. The monoisotopic (exact) mass is 239 g/mol. The molecule has 0 amide bonds. The van der Waals surface area contributed by atoms with Gasteiger partial charge in [-0.25, -0.2) is 4.39 Å². The molecule has 2 nitrogen and oxygen atoms in total. The van der Waals surface area contributed by atoms with Crippen molar-refractivity contribution in [3.63, 3.8) is 0 Å². The molecule has 1 unspecified atom stereocenters. The first-order valence-electron chi connectivity index (χ1n) is 5.92. The molecule has 0 saturated carbocycles. The number of methoxy groups -OCH3 is 1. The second-order valence-electron chi connectivity index (χ2n) is 5.48. The summed E-state index contributed by atoms with van der Waals surface area (Å²) in [7, 11) is 1.47. The van der Waals surface area contributed by atoms with Gasteiger partial charge in [0.2, 0.25) is 0 Å². The Labute approximate surface area is 103 Å². The number of rotatable bonds is 4. The Morgan fingerprint density at radius 2 is 2.00 bits per heavy atom. The Kier molecular flexibility index (Phi) is 4.52. The second-order valence-corrected chi connectivity index (χ2v) is 5.48. The summed E-state index contributed by atoms with van der Waals surface area (Å²) in [6.45, 7) is 6.35. The summed E-state index contributed by atoms with van der Waals surface area (Å²) in [5.74, 6) is -0.0248. The van der Waals surface area contributed by atoms with Crippen LogP contribution in [0.25, 0.3) is 0 Å². The van der Waals surface area contributed by atoms with Gasteiger partial charge in [-0.1, -0.05) is 26.8 Å². The van der Waals surface area contributed by atoms with Gasteiger partial charge in [0, 0.05) is 6.04 Å². The molecule has 3 heteroatoms. The van der Waals surface area contributed by atoms with E-state index in [1.165, 1.54) is 13.2 Å². The lowest BCUT2D eigenvalue weighted by molar-refractivity contribution is 0.306. The molecule has 0 aliphatic rings. The fraction of sp³-hybridized carbons (Fsp3) is 0.571. The second kappa shape index (κ2) is 5.50. The molecule has 0 aliphatic carbocycles. The average Bonchev–Trinajstić information content (AvgIpc) is 2.24. The number of nitrogens with two attached hydrogens (primary N) is 1. The van der Waals surface area contributed by atoms with Crippen LogP contribution in [0.15, 0.2) is 18.2 Å². The molecule has 0 aliphatic heterocycles. The number of hydrogen-bond acceptors (Lipinski definition) is 2. The summed E-state index contributed by atoms with van der Waals surface area (Å²) < 4.78 is 18.3. The van der Waals surface area contributed by atoms with Crippen molar-refractivity contribution in [2.24, 2.45) is 11.1 Å². The van der Waals surface area contributed by atoms with E-state index in [2.05, 4.69) is 20.8 Å². The van der Waals surface area contributed by atoms with E-state index in [-0.39, 0.29) is 23.0 Å². The van der Waals surface area contributed by atoms with Crippen LogP contribution in [0.4, 0.5) is 4.39 Å². The zero-order chi connectivity index (χ0) is 13.1. The fourth-order valence-corrected chi connectivity index (χ4v) is 1.62. The van der Waals surface area contributed by atoms with Crippen LogP contribution in [0.5, 0.6) is 5.75 Å². The van der Waals surface area contributed by atoms with Gasteiger partial charge >= 0.3 is 0 Å². The van der Waals surface area contributed by atoms with E-state index in [1.54, 1.807) is 6.07 Å². The quantitative estimate of drug-likeness (QED) is 0.876. The van der Waals surface area contributed by atoms with Crippen molar-refractivity contribution in [3.05, 3.63) is 29.6 Å². The Morgan fingerprint density at radius 3 is 2.47 bits per heavy atom. The van der Waals surface area contributed by atoms with Crippen LogP contribution < -0.4 is 10.5 Å². The number of hydrogen-bond donors (Lipinski definition) is 1. The third-order valence-corrected chi connectivity index (χ3v) is 3.07. The van der Waals surface area contributed by atoms with Gasteiger partial charge in [-0.15, -0.1) is 0 Å². The molecule has 1 aromatic rings. The first kappa shape index (κ1) is 14.0. The Bertz CT molecular complexity index is 371. The smallest absolute Gasteiger partial charge is 0.165 e. The van der Waals surface area contributed by atoms with Crippen LogP contribution in [-0.2, 0) is 6.42 Å². The van der Waals surface area contributed by atoms with Gasteiger partial charge in [-0.2, -0.15) is 0 Å². The Hall–Kier alpha value is -1.09. The van der Waals surface area contributed by atoms with Crippen molar-refractivity contribution in [3.8, 4) is 5.75 Å². The van der Waals surface area contributed by atoms with E-state index >= 15 is 0 Å². The summed E-state index contributed by atoms with van der Waals surface area (Å²) in [4.78, 5) is 0. The van der Waals surface area contributed by atoms with Gasteiger partial charge in [0.15, 0.2) is 11.6 Å². The van der Waals surface area contributed by atoms with E-state index < -0.39 is 0 Å². The zero-order valence-electron chi connectivity index (χ0n) is 11.1. The normalized spacial score (nSPS) is 13.5. The van der Waals surface area contributed by atoms with Crippen LogP contribution >= 0.6 is 0 Å². The van der Waals surface area contributed by atoms with Crippen molar-refractivity contribution in [1.29, 1.82) is 0 Å². The van der Waals surface area contributed by atoms with Crippen molar-refractivity contribution >= 4 is 0 Å². The molecule has 2 N–H and O–H groups in total. The summed E-state index contributed by atoms with van der Waals surface area (Å²) in [6.07, 6.45) is 1.65. The van der Waals surface area contributed by atoms with Crippen LogP contribution in [0.2, 0.25) is 0 Å². The maximum Gasteiger partial charge on any atom is 0.165 e. The van der Waals surface area contributed by atoms with Crippen LogP contribution in [-0.4, -0.2) is 13.2 Å². The highest BCUT2D eigenvalue weighted by atomic mass is 19.1. The molecule has 0 heterocycles. The molecule has 0 bridgehead atoms. The fourth-order valence-electron chi connectivity index (χ4n) is 1.62. The molecule has 96 valence electrons. The van der Waals surface area contributed by atoms with Crippen molar-refractivity contribution in [2.75, 3.05) is 7.11 Å². The third kappa shape index (κ3) is 4.00. The molecule has 0 fully saturated rings. The summed E-state index contributed by atoms with van der Waals surface area (Å²) in [5.41, 5.74) is 7.12. The molecular formula is C14H22FNO. The van der Waals surface area contributed by atoms with Crippen molar-refractivity contribution in [2.45, 2.75) is 39.7 Å². The van der Waals surface area contributed by atoms with E-state index in [4.69, 9.17) is 10.5 Å². The van der Waals surface area contributed by atoms with Crippen LogP contribution in [0, 0.1) is 11.2 Å². The van der Waals surface area contributed by atoms with E-state index in [0.29, 0.717) is 0 Å². The first-order valence-corrected chi connectivity index (χ1v) is 5.92. The zero-order valence-corrected chi connectivity index (χ0v) is 11.1. The summed E-state index contributed by atoms with van der Waals surface area (Å²) >= 11 is 0. The number of ether oxygens (including phenoxy) is 1. The SMILES string of the molecule is COc1ccc(CCC(N)C(C)(C)C)cc1F. The lowest BCUT2D eigenvalue weighted by atomic mass is 9.84. The number of aryl methyl sites for hydroxylation is 1. The van der Waals surface area contributed by atoms with Crippen LogP contribution in [0.3, 0.4) is 0 Å². The molecule has 1 aromatic carbocycles. The molecule has 0 radical (unpaired) electrons. The Balaban J connectivity index is 2.61. The first-order chi connectivity index (χ1) is 7.84. The minimum Gasteiger partial charge on any atom is -0.494 e. The van der Waals surface area contributed by atoms with Gasteiger partial charge in [-0.3, -0.25) is 0 Å². The highest BCUT2D eigenvalue weighted by molar-refractivity contribution is 5.29. The summed E-state index contributed by atoms with van der Waals surface area (Å²) in [6, 6.07) is 5.19. The number of halogens is 1. The van der Waals surface area contributed by atoms with E-state index in [9.17, 15) is 4.39 Å². The number of benzene rings is 1. The molecule has 17 heavy (non-hydrogen) atoms. The van der Waals surface area contributed by atoms with Gasteiger partial charge in [0.25, 0.3) is 0 Å². The van der Waals surface area contributed by atoms with Crippen molar-refractivity contribution in [1.82, 2.24) is 0 Å². The van der Waals surface area contributed by atoms with Crippen molar-refractivity contribution < 1.29 is 9.13 Å². The molecule has 0 saturated heterocycles. The maximum absolute atomic E-state index is 13.5. The van der Waals surface area contributed by atoms with E-state index in [0.717, 1.165) is 18.4 Å². The lowest BCUT2D eigenvalue weighted by Gasteiger charge is -2.27. The van der Waals surface area contributed by atoms with Gasteiger partial charge in [0.05, 0.1) is 7.11 Å². The standard InChI is InChI=1S/C14H22FNO/c1-14(2,3)13(16)8-6-10-5-7-12(17-4)11(15)9-10/h5,7,9,13H,6,8,16H2,1-4H3. The molecule has 1 atom stereocenters. The van der Waals surface area contributed by atoms with E-state index in [1.807, 2.05) is 6.07 Å². The minimum atomic E-state index is -0.311. The van der Waals surface area contributed by atoms with Gasteiger partial charge < -0.3 is 10.5 Å². The average molecular weight is 239 g/mol. The predicted molar refractivity (Wildman–Crippen MR) is 68.7 cm³/mol. The largest absolute Gasteiger partial charge is 0.494 e. The highest BCUT2D eigenvalue weighted by Crippen LogP contribution is 2.23.